The van der Waals surface area contributed by atoms with E-state index >= 15 is 0 Å². The molecule has 2 aliphatic rings. The minimum Gasteiger partial charge on any atom is -0.465 e. The Hall–Kier alpha value is -4.40. The van der Waals surface area contributed by atoms with E-state index in [0.717, 1.165) is 30.6 Å². The molecule has 0 fully saturated rings. The maximum atomic E-state index is 13.5. The molecule has 206 valence electrons. The lowest BCUT2D eigenvalue weighted by Crippen LogP contribution is -2.43. The van der Waals surface area contributed by atoms with Gasteiger partial charge in [-0.05, 0) is 42.8 Å². The molecule has 3 aromatic rings. The van der Waals surface area contributed by atoms with E-state index in [1.54, 1.807) is 12.1 Å². The van der Waals surface area contributed by atoms with Gasteiger partial charge in [0.2, 0.25) is 0 Å². The van der Waals surface area contributed by atoms with Crippen molar-refractivity contribution in [3.63, 3.8) is 0 Å². The number of aromatic nitrogens is 1. The standard InChI is InChI=1S/C31H31N3O6/c1-3-4-5-6-7-8-9-10-17-33-27(35)20-12-14-22-26-23(15-13-21(25(20)26)28(33)36)30(38)34(29(22)37)24-16-11-19(18-32-24)31(39)40-2/h11-16,18H,3-10,17H2,1-2H3. The van der Waals surface area contributed by atoms with Crippen molar-refractivity contribution in [2.75, 3.05) is 18.6 Å². The Kier molecular flexibility index (Phi) is 7.73. The molecule has 0 bridgehead atoms. The fraction of sp³-hybridized carbons (Fsp3) is 0.355. The van der Waals surface area contributed by atoms with E-state index in [9.17, 15) is 24.0 Å². The second kappa shape index (κ2) is 11.4. The molecule has 9 nitrogen and oxygen atoms in total. The lowest BCUT2D eigenvalue weighted by atomic mass is 9.86. The van der Waals surface area contributed by atoms with E-state index in [4.69, 9.17) is 0 Å². The highest BCUT2D eigenvalue weighted by molar-refractivity contribution is 6.39. The number of imide groups is 2. The van der Waals surface area contributed by atoms with Gasteiger partial charge >= 0.3 is 5.97 Å². The first kappa shape index (κ1) is 27.2. The average molecular weight is 542 g/mol. The van der Waals surface area contributed by atoms with E-state index in [0.29, 0.717) is 28.4 Å². The van der Waals surface area contributed by atoms with E-state index in [2.05, 4.69) is 16.6 Å². The third kappa shape index (κ3) is 4.65. The van der Waals surface area contributed by atoms with Crippen molar-refractivity contribution in [3.05, 3.63) is 70.4 Å². The van der Waals surface area contributed by atoms with Gasteiger partial charge < -0.3 is 4.74 Å². The number of benzene rings is 2. The van der Waals surface area contributed by atoms with Crippen molar-refractivity contribution in [3.8, 4) is 0 Å². The smallest absolute Gasteiger partial charge is 0.339 e. The van der Waals surface area contributed by atoms with Gasteiger partial charge in [-0.25, -0.2) is 14.7 Å². The minimum absolute atomic E-state index is 0.0467. The van der Waals surface area contributed by atoms with Gasteiger partial charge in [-0.2, -0.15) is 0 Å². The van der Waals surface area contributed by atoms with Crippen LogP contribution in [0, 0.1) is 0 Å². The number of anilines is 1. The van der Waals surface area contributed by atoms with Crippen LogP contribution in [-0.4, -0.2) is 53.1 Å². The number of hydrogen-bond donors (Lipinski definition) is 0. The van der Waals surface area contributed by atoms with Gasteiger partial charge in [0, 0.05) is 45.8 Å². The highest BCUT2D eigenvalue weighted by Crippen LogP contribution is 2.38. The number of carbonyl (C=O) groups excluding carboxylic acids is 5. The monoisotopic (exact) mass is 541 g/mol. The second-order valence-corrected chi connectivity index (χ2v) is 10.2. The first-order chi connectivity index (χ1) is 19.4. The fourth-order valence-electron chi connectivity index (χ4n) is 5.50. The zero-order valence-electron chi connectivity index (χ0n) is 22.7. The zero-order valence-corrected chi connectivity index (χ0v) is 22.7. The SMILES string of the molecule is CCCCCCCCCCN1C(=O)c2ccc3c4c(ccc(c24)C1=O)C(=O)N(c1ccc(C(=O)OC)cn1)C3=O. The number of esters is 1. The van der Waals surface area contributed by atoms with E-state index in [1.807, 2.05) is 0 Å². The number of rotatable bonds is 11. The number of carbonyl (C=O) groups is 5. The Bertz CT molecular complexity index is 1460. The van der Waals surface area contributed by atoms with Crippen LogP contribution >= 0.6 is 0 Å². The fourth-order valence-corrected chi connectivity index (χ4v) is 5.50. The lowest BCUT2D eigenvalue weighted by Gasteiger charge is -2.31. The van der Waals surface area contributed by atoms with Crippen LogP contribution in [0.3, 0.4) is 0 Å². The Morgan fingerprint density at radius 1 is 0.700 bits per heavy atom. The molecule has 4 amide bonds. The van der Waals surface area contributed by atoms with Crippen LogP contribution in [0.2, 0.25) is 0 Å². The van der Waals surface area contributed by atoms with Gasteiger partial charge in [0.25, 0.3) is 23.6 Å². The molecule has 0 saturated carbocycles. The zero-order chi connectivity index (χ0) is 28.4. The Morgan fingerprint density at radius 3 is 1.68 bits per heavy atom. The molecule has 0 aliphatic carbocycles. The number of unbranched alkanes of at least 4 members (excludes halogenated alkanes) is 7. The van der Waals surface area contributed by atoms with Crippen LogP contribution in [0.15, 0.2) is 42.6 Å². The maximum absolute atomic E-state index is 13.5. The summed E-state index contributed by atoms with van der Waals surface area (Å²) in [6, 6.07) is 8.98. The molecule has 0 radical (unpaired) electrons. The average Bonchev–Trinajstić information content (AvgIpc) is 2.97. The van der Waals surface area contributed by atoms with Crippen LogP contribution in [0.4, 0.5) is 5.82 Å². The lowest BCUT2D eigenvalue weighted by molar-refractivity contribution is 0.0591. The van der Waals surface area contributed by atoms with Crippen LogP contribution in [0.5, 0.6) is 0 Å². The summed E-state index contributed by atoms with van der Waals surface area (Å²) >= 11 is 0. The summed E-state index contributed by atoms with van der Waals surface area (Å²) in [6.07, 6.45) is 10.0. The molecule has 0 spiro atoms. The van der Waals surface area contributed by atoms with Crippen LogP contribution in [-0.2, 0) is 4.74 Å². The molecular weight excluding hydrogens is 510 g/mol. The molecule has 9 heteroatoms. The Balaban J connectivity index is 1.40. The van der Waals surface area contributed by atoms with E-state index in [1.165, 1.54) is 68.2 Å². The number of pyridine rings is 1. The maximum Gasteiger partial charge on any atom is 0.339 e. The summed E-state index contributed by atoms with van der Waals surface area (Å²) in [7, 11) is 1.24. The largest absolute Gasteiger partial charge is 0.465 e. The van der Waals surface area contributed by atoms with Gasteiger partial charge in [-0.1, -0.05) is 51.9 Å². The molecule has 0 N–H and O–H groups in total. The molecule has 0 saturated heterocycles. The van der Waals surface area contributed by atoms with Gasteiger partial charge in [-0.15, -0.1) is 0 Å². The summed E-state index contributed by atoms with van der Waals surface area (Å²) in [4.78, 5) is 72.0. The number of hydrogen-bond acceptors (Lipinski definition) is 7. The van der Waals surface area contributed by atoms with Gasteiger partial charge in [0.15, 0.2) is 0 Å². The van der Waals surface area contributed by atoms with Crippen molar-refractivity contribution >= 4 is 46.2 Å². The molecule has 1 aromatic heterocycles. The third-order valence-electron chi connectivity index (χ3n) is 7.61. The number of ether oxygens (including phenoxy) is 1. The van der Waals surface area contributed by atoms with Crippen molar-refractivity contribution < 1.29 is 28.7 Å². The summed E-state index contributed by atoms with van der Waals surface area (Å²) in [5, 5.41) is 0.647. The van der Waals surface area contributed by atoms with Crippen LogP contribution in [0.1, 0.15) is 110 Å². The third-order valence-corrected chi connectivity index (χ3v) is 7.61. The predicted octanol–water partition coefficient (Wildman–Crippen LogP) is 5.56. The molecule has 0 unspecified atom stereocenters. The van der Waals surface area contributed by atoms with Gasteiger partial charge in [-0.3, -0.25) is 24.1 Å². The first-order valence-electron chi connectivity index (χ1n) is 13.8. The first-order valence-corrected chi connectivity index (χ1v) is 13.8. The van der Waals surface area contributed by atoms with Crippen molar-refractivity contribution in [1.82, 2.24) is 9.88 Å². The highest BCUT2D eigenvalue weighted by Gasteiger charge is 2.40. The Labute approximate surface area is 232 Å². The summed E-state index contributed by atoms with van der Waals surface area (Å²) in [5.41, 5.74) is 1.20. The topological polar surface area (TPSA) is 114 Å². The van der Waals surface area contributed by atoms with E-state index < -0.39 is 29.6 Å². The highest BCUT2D eigenvalue weighted by atomic mass is 16.5. The molecule has 2 aliphatic heterocycles. The molecular formula is C31H31N3O6. The molecule has 5 rings (SSSR count). The number of nitrogens with zero attached hydrogens (tertiary/aromatic N) is 3. The summed E-state index contributed by atoms with van der Waals surface area (Å²) in [6.45, 7) is 2.52. The molecule has 2 aromatic carbocycles. The Morgan fingerprint density at radius 2 is 1.20 bits per heavy atom. The normalized spacial score (nSPS) is 14.3. The van der Waals surface area contributed by atoms with Crippen LogP contribution in [0.25, 0.3) is 10.8 Å². The quantitative estimate of drug-likeness (QED) is 0.177. The molecule has 0 atom stereocenters. The van der Waals surface area contributed by atoms with Gasteiger partial charge in [0.05, 0.1) is 12.7 Å². The summed E-state index contributed by atoms with van der Waals surface area (Å²) < 4.78 is 4.68. The minimum atomic E-state index is -0.624. The van der Waals surface area contributed by atoms with Crippen LogP contribution < -0.4 is 4.90 Å². The number of methoxy groups -OCH3 is 1. The van der Waals surface area contributed by atoms with E-state index in [-0.39, 0.29) is 22.5 Å². The van der Waals surface area contributed by atoms with Crippen molar-refractivity contribution in [2.45, 2.75) is 58.3 Å². The molecule has 3 heterocycles. The predicted molar refractivity (Wildman–Crippen MR) is 149 cm³/mol. The summed E-state index contributed by atoms with van der Waals surface area (Å²) in [5.74, 6) is -2.62. The molecule has 40 heavy (non-hydrogen) atoms. The van der Waals surface area contributed by atoms with Crippen molar-refractivity contribution in [2.24, 2.45) is 0 Å². The second-order valence-electron chi connectivity index (χ2n) is 10.2. The number of amides is 4. The van der Waals surface area contributed by atoms with Gasteiger partial charge in [0.1, 0.15) is 5.82 Å². The van der Waals surface area contributed by atoms with Crippen molar-refractivity contribution in [1.29, 1.82) is 0 Å².